The zero-order valence-corrected chi connectivity index (χ0v) is 29.5. The van der Waals surface area contributed by atoms with E-state index in [0.29, 0.717) is 0 Å². The quantitative estimate of drug-likeness (QED) is 0.165. The highest BCUT2D eigenvalue weighted by atomic mass is 14.6. The largest absolute Gasteiger partial charge is 0.264 e. The Morgan fingerprint density at radius 3 is 1.00 bits per heavy atom. The Morgan fingerprint density at radius 2 is 0.593 bits per heavy atom. The molecule has 0 fully saturated rings. The van der Waals surface area contributed by atoms with Crippen LogP contribution in [0.3, 0.4) is 0 Å². The van der Waals surface area contributed by atoms with E-state index in [9.17, 15) is 0 Å². The molecule has 6 aliphatic rings. The van der Waals surface area contributed by atoms with Crippen molar-refractivity contribution < 1.29 is 0 Å². The van der Waals surface area contributed by atoms with Crippen LogP contribution in [0.4, 0.5) is 0 Å². The fraction of sp³-hybridized carbons (Fsp3) is 0.0755. The molecule has 0 spiro atoms. The summed E-state index contributed by atoms with van der Waals surface area (Å²) in [6.07, 6.45) is 4.07. The molecule has 1 aromatic heterocycles. The van der Waals surface area contributed by atoms with Gasteiger partial charge in [0.05, 0.1) is 0 Å². The third-order valence-electron chi connectivity index (χ3n) is 13.3. The Hall–Kier alpha value is -6.57. The van der Waals surface area contributed by atoms with E-state index in [1.807, 2.05) is 6.20 Å². The molecule has 0 radical (unpaired) electrons. The van der Waals surface area contributed by atoms with Crippen molar-refractivity contribution in [2.45, 2.75) is 23.7 Å². The minimum Gasteiger partial charge on any atom is -0.264 e. The summed E-state index contributed by atoms with van der Waals surface area (Å²) in [7, 11) is 0. The lowest BCUT2D eigenvalue weighted by atomic mass is 9.61. The lowest BCUT2D eigenvalue weighted by Crippen LogP contribution is -2.27. The van der Waals surface area contributed by atoms with Crippen LogP contribution in [0.1, 0.15) is 90.4 Å². The van der Waals surface area contributed by atoms with Crippen molar-refractivity contribution in [3.8, 4) is 22.3 Å². The fourth-order valence-corrected chi connectivity index (χ4v) is 11.3. The van der Waals surface area contributed by atoms with Crippen molar-refractivity contribution in [3.63, 3.8) is 0 Å². The zero-order valence-electron chi connectivity index (χ0n) is 29.5. The van der Waals surface area contributed by atoms with E-state index in [1.54, 1.807) is 0 Å². The molecule has 6 aliphatic carbocycles. The van der Waals surface area contributed by atoms with Gasteiger partial charge < -0.3 is 0 Å². The fourth-order valence-electron chi connectivity index (χ4n) is 11.3. The van der Waals surface area contributed by atoms with Crippen molar-refractivity contribution in [1.82, 2.24) is 4.98 Å². The first-order chi connectivity index (χ1) is 26.8. The van der Waals surface area contributed by atoms with Crippen LogP contribution in [0.25, 0.3) is 43.8 Å². The molecule has 0 amide bonds. The van der Waals surface area contributed by atoms with Crippen LogP contribution in [-0.2, 0) is 0 Å². The van der Waals surface area contributed by atoms with Gasteiger partial charge in [0.25, 0.3) is 0 Å². The van der Waals surface area contributed by atoms with E-state index < -0.39 is 0 Å². The van der Waals surface area contributed by atoms with Gasteiger partial charge in [-0.3, -0.25) is 4.98 Å². The zero-order chi connectivity index (χ0) is 35.1. The van der Waals surface area contributed by atoms with Gasteiger partial charge in [0.2, 0.25) is 0 Å². The first kappa shape index (κ1) is 28.9. The van der Waals surface area contributed by atoms with Gasteiger partial charge in [-0.15, -0.1) is 0 Å². The topological polar surface area (TPSA) is 12.9 Å². The smallest absolute Gasteiger partial charge is 0.0353 e. The van der Waals surface area contributed by atoms with Crippen LogP contribution in [0.15, 0.2) is 176 Å². The normalized spacial score (nSPS) is 19.1. The molecule has 8 aromatic carbocycles. The predicted octanol–water partition coefficient (Wildman–Crippen LogP) is 12.7. The lowest BCUT2D eigenvalue weighted by Gasteiger charge is -2.42. The molecule has 9 aromatic rings. The highest BCUT2D eigenvalue weighted by Gasteiger charge is 2.42. The van der Waals surface area contributed by atoms with Gasteiger partial charge in [0, 0.05) is 41.5 Å². The molecule has 0 aliphatic heterocycles. The van der Waals surface area contributed by atoms with Gasteiger partial charge in [-0.25, -0.2) is 0 Å². The Kier molecular flexibility index (Phi) is 5.64. The van der Waals surface area contributed by atoms with Gasteiger partial charge in [0.15, 0.2) is 0 Å². The van der Waals surface area contributed by atoms with Crippen LogP contribution in [0.5, 0.6) is 0 Å². The maximum Gasteiger partial charge on any atom is 0.0353 e. The first-order valence-corrected chi connectivity index (χ1v) is 19.3. The average molecular weight is 684 g/mol. The Labute approximate surface area is 314 Å². The molecule has 1 heterocycles. The lowest BCUT2D eigenvalue weighted by molar-refractivity contribution is 0.755. The van der Waals surface area contributed by atoms with E-state index in [2.05, 4.69) is 170 Å². The number of rotatable bonds is 2. The molecule has 0 atom stereocenters. The number of hydrogen-bond acceptors (Lipinski definition) is 1. The van der Waals surface area contributed by atoms with Crippen molar-refractivity contribution in [1.29, 1.82) is 0 Å². The number of nitrogens with zero attached hydrogens (tertiary/aromatic N) is 1. The van der Waals surface area contributed by atoms with E-state index >= 15 is 0 Å². The summed E-state index contributed by atoms with van der Waals surface area (Å²) >= 11 is 0. The van der Waals surface area contributed by atoms with E-state index in [4.69, 9.17) is 4.98 Å². The summed E-state index contributed by atoms with van der Waals surface area (Å²) in [6.45, 7) is 0. The van der Waals surface area contributed by atoms with Gasteiger partial charge >= 0.3 is 0 Å². The van der Waals surface area contributed by atoms with Gasteiger partial charge in [-0.2, -0.15) is 0 Å². The van der Waals surface area contributed by atoms with Gasteiger partial charge in [0.1, 0.15) is 0 Å². The van der Waals surface area contributed by atoms with Crippen LogP contribution in [0, 0.1) is 0 Å². The van der Waals surface area contributed by atoms with Crippen LogP contribution < -0.4 is 0 Å². The number of benzene rings is 8. The van der Waals surface area contributed by atoms with Crippen molar-refractivity contribution in [2.24, 2.45) is 0 Å². The molecule has 250 valence electrons. The summed E-state index contributed by atoms with van der Waals surface area (Å²) in [4.78, 5) is 4.78. The molecule has 0 unspecified atom stereocenters. The molecular formula is C53H33N. The van der Waals surface area contributed by atoms with E-state index in [1.165, 1.54) is 111 Å². The summed E-state index contributed by atoms with van der Waals surface area (Å²) in [6, 6.07) is 62.4. The van der Waals surface area contributed by atoms with Crippen LogP contribution in [-0.4, -0.2) is 4.98 Å². The first-order valence-electron chi connectivity index (χ1n) is 19.3. The highest BCUT2D eigenvalue weighted by Crippen LogP contribution is 2.58. The van der Waals surface area contributed by atoms with Crippen LogP contribution >= 0.6 is 0 Å². The monoisotopic (exact) mass is 683 g/mol. The maximum absolute atomic E-state index is 4.78. The molecule has 15 rings (SSSR count). The Bertz CT molecular complexity index is 2730. The van der Waals surface area contributed by atoms with E-state index in [0.717, 1.165) is 0 Å². The third kappa shape index (κ3) is 3.62. The number of hydrogen-bond donors (Lipinski definition) is 0. The number of aromatic nitrogens is 1. The predicted molar refractivity (Wildman–Crippen MR) is 220 cm³/mol. The molecule has 4 bridgehead atoms. The molecule has 1 heteroatoms. The molecule has 0 saturated carbocycles. The van der Waals surface area contributed by atoms with E-state index in [-0.39, 0.29) is 23.7 Å². The van der Waals surface area contributed by atoms with Gasteiger partial charge in [-0.05, 0) is 123 Å². The molecule has 0 N–H and O–H groups in total. The highest BCUT2D eigenvalue weighted by molar-refractivity contribution is 6.21. The summed E-state index contributed by atoms with van der Waals surface area (Å²) < 4.78 is 0. The minimum atomic E-state index is 0.230. The standard InChI is InChI=1S/C53H33N/c1-2-12-33-32(11-1)48(30-21-23-42-45(27-30)52-38-17-7-3-13-34(38)50(42)35-14-4-8-18-39(35)52)44-25-26-54-29-47(44)49(33)31-22-24-43-46(28-31)53-40-19-9-5-15-36(40)51(43)37-16-6-10-20-41(37)53/h1-29,50-53H. The van der Waals surface area contributed by atoms with Gasteiger partial charge in [-0.1, -0.05) is 146 Å². The van der Waals surface area contributed by atoms with Crippen molar-refractivity contribution in [3.05, 3.63) is 243 Å². The summed E-state index contributed by atoms with van der Waals surface area (Å²) in [5.41, 5.74) is 22.5. The second kappa shape index (κ2) is 10.5. The second-order valence-electron chi connectivity index (χ2n) is 15.7. The van der Waals surface area contributed by atoms with Crippen molar-refractivity contribution >= 4 is 21.5 Å². The average Bonchev–Trinajstić information content (AvgIpc) is 3.24. The SMILES string of the molecule is c1ccc2c(c1)C1c3ccccc3C2c2cc(-c3c4ccccc4c(-c4ccc5c(c4)C4c6ccccc6C5c5ccccc54)c4cnccc34)ccc21. The molecule has 0 saturated heterocycles. The van der Waals surface area contributed by atoms with Crippen LogP contribution in [0.2, 0.25) is 0 Å². The van der Waals surface area contributed by atoms with Crippen molar-refractivity contribution in [2.75, 3.05) is 0 Å². The Balaban J connectivity index is 1.03. The second-order valence-corrected chi connectivity index (χ2v) is 15.7. The Morgan fingerprint density at radius 1 is 0.278 bits per heavy atom. The molecular weight excluding hydrogens is 651 g/mol. The number of fused-ring (bicyclic) bond motifs is 2. The summed E-state index contributed by atoms with van der Waals surface area (Å²) in [5, 5.41) is 4.99. The summed E-state index contributed by atoms with van der Waals surface area (Å²) in [5.74, 6) is 0.997. The number of pyridine rings is 1. The maximum atomic E-state index is 4.78. The third-order valence-corrected chi connectivity index (χ3v) is 13.3. The molecule has 1 nitrogen and oxygen atoms in total. The molecule has 54 heavy (non-hydrogen) atoms. The minimum absolute atomic E-state index is 0.230.